The van der Waals surface area contributed by atoms with Crippen LogP contribution in [0.25, 0.3) is 0 Å². The van der Waals surface area contributed by atoms with Gasteiger partial charge < -0.3 is 24.0 Å². The molecule has 11 heteroatoms. The molecule has 1 aliphatic carbocycles. The maximum Gasteiger partial charge on any atom is 0.410 e. The summed E-state index contributed by atoms with van der Waals surface area (Å²) in [6, 6.07) is 8.43. The molecule has 2 aromatic heterocycles. The van der Waals surface area contributed by atoms with Crippen LogP contribution in [-0.4, -0.2) is 64.5 Å². The SMILES string of the molecule is CC(C)c1cccc(OCc2nnc([C@H]3CC[C@H](n4cc(C5(O)CCN(C(=O)OC(C)(C)C)CC5)nn4)CC3)n2C)c1. The topological polar surface area (TPSA) is 120 Å². The van der Waals surface area contributed by atoms with Gasteiger partial charge >= 0.3 is 6.09 Å². The van der Waals surface area contributed by atoms with Crippen LogP contribution in [0.1, 0.15) is 114 Å². The molecule has 0 unspecified atom stereocenters. The van der Waals surface area contributed by atoms with Crippen molar-refractivity contribution < 1.29 is 19.4 Å². The Hall–Kier alpha value is -3.47. The summed E-state index contributed by atoms with van der Waals surface area (Å²) in [5.41, 5.74) is 0.183. The Kier molecular flexibility index (Phi) is 8.59. The molecule has 2 fully saturated rings. The number of ether oxygens (including phenoxy) is 2. The molecule has 1 aliphatic heterocycles. The van der Waals surface area contributed by atoms with Gasteiger partial charge in [-0.2, -0.15) is 0 Å². The van der Waals surface area contributed by atoms with Gasteiger partial charge in [0, 0.05) is 26.1 Å². The van der Waals surface area contributed by atoms with E-state index in [-0.39, 0.29) is 12.1 Å². The highest BCUT2D eigenvalue weighted by Crippen LogP contribution is 2.38. The molecule has 0 radical (unpaired) electrons. The number of rotatable bonds is 7. The van der Waals surface area contributed by atoms with E-state index in [4.69, 9.17) is 9.47 Å². The summed E-state index contributed by atoms with van der Waals surface area (Å²) in [4.78, 5) is 14.1. The van der Waals surface area contributed by atoms with Crippen molar-refractivity contribution in [1.82, 2.24) is 34.7 Å². The molecule has 11 nitrogen and oxygen atoms in total. The van der Waals surface area contributed by atoms with Crippen LogP contribution in [-0.2, 0) is 24.0 Å². The fourth-order valence-corrected chi connectivity index (χ4v) is 5.88. The number of likely N-dealkylation sites (tertiary alicyclic amines) is 1. The third kappa shape index (κ3) is 6.77. The third-order valence-electron chi connectivity index (χ3n) is 8.56. The zero-order chi connectivity index (χ0) is 30.1. The Labute approximate surface area is 248 Å². The second-order valence-electron chi connectivity index (χ2n) is 13.1. The summed E-state index contributed by atoms with van der Waals surface area (Å²) < 4.78 is 15.5. The van der Waals surface area contributed by atoms with E-state index in [1.807, 2.05) is 50.8 Å². The highest BCUT2D eigenvalue weighted by molar-refractivity contribution is 5.68. The van der Waals surface area contributed by atoms with Gasteiger partial charge in [0.1, 0.15) is 35.1 Å². The van der Waals surface area contributed by atoms with Crippen molar-refractivity contribution in [3.05, 3.63) is 53.4 Å². The first kappa shape index (κ1) is 30.0. The van der Waals surface area contributed by atoms with Crippen LogP contribution in [0.2, 0.25) is 0 Å². The molecule has 1 amide bonds. The fourth-order valence-electron chi connectivity index (χ4n) is 5.88. The van der Waals surface area contributed by atoms with Crippen LogP contribution in [0.15, 0.2) is 30.5 Å². The first-order chi connectivity index (χ1) is 19.9. The van der Waals surface area contributed by atoms with E-state index in [2.05, 4.69) is 51.1 Å². The zero-order valence-corrected chi connectivity index (χ0v) is 25.8. The van der Waals surface area contributed by atoms with E-state index in [0.29, 0.717) is 50.1 Å². The highest BCUT2D eigenvalue weighted by Gasteiger charge is 2.39. The van der Waals surface area contributed by atoms with Crippen molar-refractivity contribution in [2.75, 3.05) is 13.1 Å². The summed E-state index contributed by atoms with van der Waals surface area (Å²) in [7, 11) is 2.02. The van der Waals surface area contributed by atoms with Crippen molar-refractivity contribution in [2.24, 2.45) is 7.05 Å². The van der Waals surface area contributed by atoms with Crippen LogP contribution in [0.5, 0.6) is 5.75 Å². The van der Waals surface area contributed by atoms with Gasteiger partial charge in [0.15, 0.2) is 5.82 Å². The first-order valence-corrected chi connectivity index (χ1v) is 15.2. The van der Waals surface area contributed by atoms with Crippen molar-refractivity contribution in [3.8, 4) is 5.75 Å². The van der Waals surface area contributed by atoms with Gasteiger partial charge in [0.25, 0.3) is 0 Å². The quantitative estimate of drug-likeness (QED) is 0.404. The molecule has 42 heavy (non-hydrogen) atoms. The second kappa shape index (κ2) is 12.0. The number of aromatic nitrogens is 6. The number of aliphatic hydroxyl groups is 1. The molecule has 228 valence electrons. The zero-order valence-electron chi connectivity index (χ0n) is 25.8. The smallest absolute Gasteiger partial charge is 0.410 e. The Bertz CT molecular complexity index is 1360. The van der Waals surface area contributed by atoms with Crippen LogP contribution in [0.4, 0.5) is 4.79 Å². The van der Waals surface area contributed by atoms with Gasteiger partial charge in [-0.25, -0.2) is 9.48 Å². The lowest BCUT2D eigenvalue weighted by Crippen LogP contribution is -2.47. The van der Waals surface area contributed by atoms with Crippen molar-refractivity contribution in [3.63, 3.8) is 0 Å². The fraction of sp³-hybridized carbons (Fsp3) is 0.645. The summed E-state index contributed by atoms with van der Waals surface area (Å²) >= 11 is 0. The molecule has 1 N–H and O–H groups in total. The summed E-state index contributed by atoms with van der Waals surface area (Å²) in [6.07, 6.45) is 6.18. The minimum atomic E-state index is -1.10. The molecule has 1 saturated heterocycles. The highest BCUT2D eigenvalue weighted by atomic mass is 16.6. The number of hydrogen-bond acceptors (Lipinski definition) is 8. The van der Waals surface area contributed by atoms with Crippen molar-refractivity contribution >= 4 is 6.09 Å². The van der Waals surface area contributed by atoms with Gasteiger partial charge in [-0.1, -0.05) is 31.2 Å². The molecule has 0 bridgehead atoms. The molecule has 0 atom stereocenters. The summed E-state index contributed by atoms with van der Waals surface area (Å²) in [5.74, 6) is 3.42. The third-order valence-corrected chi connectivity index (χ3v) is 8.56. The Morgan fingerprint density at radius 1 is 1.10 bits per heavy atom. The molecule has 3 heterocycles. The maximum atomic E-state index is 12.4. The largest absolute Gasteiger partial charge is 0.486 e. The first-order valence-electron chi connectivity index (χ1n) is 15.2. The molecule has 5 rings (SSSR count). The van der Waals surface area contributed by atoms with Gasteiger partial charge in [-0.05, 0) is 82.9 Å². The normalized spacial score (nSPS) is 21.0. The van der Waals surface area contributed by atoms with Gasteiger partial charge in [0.2, 0.25) is 0 Å². The minimum Gasteiger partial charge on any atom is -0.486 e. The van der Waals surface area contributed by atoms with E-state index < -0.39 is 11.2 Å². The number of benzene rings is 1. The molecular formula is C31H45N7O4. The summed E-state index contributed by atoms with van der Waals surface area (Å²) in [6.45, 7) is 11.1. The monoisotopic (exact) mass is 579 g/mol. The van der Waals surface area contributed by atoms with E-state index in [1.54, 1.807) is 4.90 Å². The van der Waals surface area contributed by atoms with Crippen LogP contribution in [0, 0.1) is 0 Å². The number of carbonyl (C=O) groups is 1. The number of piperidine rings is 1. The molecule has 2 aliphatic rings. The predicted molar refractivity (Wildman–Crippen MR) is 157 cm³/mol. The standard InChI is InChI=1S/C31H45N7O4/c1-21(2)23-8-7-9-25(18-23)41-20-27-33-34-28(36(27)6)22-10-12-24(13-11-22)38-19-26(32-35-38)31(40)14-16-37(17-15-31)29(39)42-30(3,4)5/h7-9,18-19,21-22,24,40H,10-17,20H2,1-6H3/t22-,24-. The van der Waals surface area contributed by atoms with Crippen LogP contribution < -0.4 is 4.74 Å². The van der Waals surface area contributed by atoms with Crippen LogP contribution in [0.3, 0.4) is 0 Å². The molecule has 0 spiro atoms. The molecule has 1 saturated carbocycles. The predicted octanol–water partition coefficient (Wildman–Crippen LogP) is 5.23. The van der Waals surface area contributed by atoms with Crippen molar-refractivity contribution in [1.29, 1.82) is 0 Å². The molecular weight excluding hydrogens is 534 g/mol. The number of amides is 1. The molecule has 3 aromatic rings. The van der Waals surface area contributed by atoms with E-state index in [9.17, 15) is 9.90 Å². The Balaban J connectivity index is 1.13. The number of carbonyl (C=O) groups excluding carboxylic acids is 1. The van der Waals surface area contributed by atoms with E-state index >= 15 is 0 Å². The molecule has 1 aromatic carbocycles. The van der Waals surface area contributed by atoms with Crippen molar-refractivity contribution in [2.45, 2.75) is 109 Å². The number of nitrogens with zero attached hydrogens (tertiary/aromatic N) is 7. The number of hydrogen-bond donors (Lipinski definition) is 1. The minimum absolute atomic E-state index is 0.220. The Morgan fingerprint density at radius 2 is 1.81 bits per heavy atom. The van der Waals surface area contributed by atoms with Gasteiger partial charge in [0.05, 0.1) is 12.2 Å². The van der Waals surface area contributed by atoms with E-state index in [1.165, 1.54) is 5.56 Å². The van der Waals surface area contributed by atoms with E-state index in [0.717, 1.165) is 43.1 Å². The second-order valence-corrected chi connectivity index (χ2v) is 13.1. The lowest BCUT2D eigenvalue weighted by molar-refractivity contribution is -0.0382. The lowest BCUT2D eigenvalue weighted by atomic mass is 9.85. The average molecular weight is 580 g/mol. The lowest BCUT2D eigenvalue weighted by Gasteiger charge is -2.37. The Morgan fingerprint density at radius 3 is 2.48 bits per heavy atom. The van der Waals surface area contributed by atoms with Gasteiger partial charge in [-0.15, -0.1) is 15.3 Å². The average Bonchev–Trinajstić information content (AvgIpc) is 3.59. The van der Waals surface area contributed by atoms with Crippen LogP contribution >= 0.6 is 0 Å². The van der Waals surface area contributed by atoms with Gasteiger partial charge in [-0.3, -0.25) is 0 Å². The maximum absolute atomic E-state index is 12.4. The summed E-state index contributed by atoms with van der Waals surface area (Å²) in [5, 5.41) is 29.1.